The van der Waals surface area contributed by atoms with Crippen molar-refractivity contribution in [2.45, 2.75) is 18.9 Å². The number of amides is 2. The molecule has 1 heterocycles. The van der Waals surface area contributed by atoms with E-state index in [1.807, 2.05) is 0 Å². The first-order chi connectivity index (χ1) is 9.61. The predicted molar refractivity (Wildman–Crippen MR) is 70.9 cm³/mol. The predicted octanol–water partition coefficient (Wildman–Crippen LogP) is 1.79. The second-order valence-corrected chi connectivity index (χ2v) is 4.68. The Labute approximate surface area is 116 Å². The fraction of sp³-hybridized carbons (Fsp3) is 0.429. The Bertz CT molecular complexity index is 499. The maximum Gasteiger partial charge on any atom is 0.409 e. The van der Waals surface area contributed by atoms with Gasteiger partial charge in [-0.05, 0) is 25.0 Å². The molecule has 2 amide bonds. The molecule has 0 radical (unpaired) electrons. The van der Waals surface area contributed by atoms with E-state index in [1.54, 1.807) is 17.0 Å². The van der Waals surface area contributed by atoms with E-state index >= 15 is 0 Å². The van der Waals surface area contributed by atoms with E-state index in [4.69, 9.17) is 0 Å². The zero-order chi connectivity index (χ0) is 14.5. The van der Waals surface area contributed by atoms with Crippen molar-refractivity contribution in [2.24, 2.45) is 0 Å². The third-order valence-corrected chi connectivity index (χ3v) is 3.38. The van der Waals surface area contributed by atoms with Gasteiger partial charge in [-0.3, -0.25) is 4.79 Å². The van der Waals surface area contributed by atoms with Gasteiger partial charge in [0.25, 0.3) is 5.91 Å². The standard InChI is InChI=1S/C14H17FN2O3/c1-20-14(19)17-8-6-10(7-9-17)16-13(18)11-4-2-3-5-12(11)15/h2-5,10H,6-9H2,1H3,(H,16,18). The molecule has 1 aromatic carbocycles. The third-order valence-electron chi connectivity index (χ3n) is 3.38. The average molecular weight is 280 g/mol. The van der Waals surface area contributed by atoms with E-state index in [2.05, 4.69) is 10.1 Å². The zero-order valence-electron chi connectivity index (χ0n) is 11.3. The quantitative estimate of drug-likeness (QED) is 0.898. The number of likely N-dealkylation sites (tertiary alicyclic amines) is 1. The molecule has 1 N–H and O–H groups in total. The Hall–Kier alpha value is -2.11. The van der Waals surface area contributed by atoms with Crippen molar-refractivity contribution in [2.75, 3.05) is 20.2 Å². The molecule has 1 aromatic rings. The molecule has 6 heteroatoms. The summed E-state index contributed by atoms with van der Waals surface area (Å²) in [5.41, 5.74) is 0.0443. The fourth-order valence-corrected chi connectivity index (χ4v) is 2.24. The third kappa shape index (κ3) is 3.26. The number of methoxy groups -OCH3 is 1. The summed E-state index contributed by atoms with van der Waals surface area (Å²) < 4.78 is 18.1. The van der Waals surface area contributed by atoms with Crippen LogP contribution in [0.5, 0.6) is 0 Å². The summed E-state index contributed by atoms with van der Waals surface area (Å²) in [5.74, 6) is -0.948. The molecule has 0 unspecified atom stereocenters. The Morgan fingerprint density at radius 3 is 2.55 bits per heavy atom. The van der Waals surface area contributed by atoms with Gasteiger partial charge in [0.2, 0.25) is 0 Å². The molecule has 1 fully saturated rings. The Morgan fingerprint density at radius 1 is 1.30 bits per heavy atom. The fourth-order valence-electron chi connectivity index (χ4n) is 2.24. The van der Waals surface area contributed by atoms with Gasteiger partial charge >= 0.3 is 6.09 Å². The van der Waals surface area contributed by atoms with Crippen molar-refractivity contribution >= 4 is 12.0 Å². The molecule has 108 valence electrons. The maximum absolute atomic E-state index is 13.5. The van der Waals surface area contributed by atoms with Crippen LogP contribution < -0.4 is 5.32 Å². The summed E-state index contributed by atoms with van der Waals surface area (Å²) >= 11 is 0. The molecule has 20 heavy (non-hydrogen) atoms. The normalized spacial score (nSPS) is 15.8. The van der Waals surface area contributed by atoms with Crippen LogP contribution in [0, 0.1) is 5.82 Å². The summed E-state index contributed by atoms with van der Waals surface area (Å²) in [6.45, 7) is 1.05. The van der Waals surface area contributed by atoms with Gasteiger partial charge < -0.3 is 15.0 Å². The van der Waals surface area contributed by atoms with E-state index in [-0.39, 0.29) is 17.7 Å². The number of halogens is 1. The van der Waals surface area contributed by atoms with Gasteiger partial charge in [0, 0.05) is 19.1 Å². The average Bonchev–Trinajstić information content (AvgIpc) is 2.47. The molecule has 2 rings (SSSR count). The Morgan fingerprint density at radius 2 is 1.95 bits per heavy atom. The summed E-state index contributed by atoms with van der Waals surface area (Å²) in [7, 11) is 1.34. The Balaban J connectivity index is 1.88. The van der Waals surface area contributed by atoms with Crippen LogP contribution in [-0.4, -0.2) is 43.1 Å². The van der Waals surface area contributed by atoms with Crippen molar-refractivity contribution in [1.29, 1.82) is 0 Å². The highest BCUT2D eigenvalue weighted by Crippen LogP contribution is 2.13. The van der Waals surface area contributed by atoms with E-state index < -0.39 is 11.7 Å². The molecule has 1 aliphatic rings. The molecule has 0 aliphatic carbocycles. The van der Waals surface area contributed by atoms with Gasteiger partial charge in [0.05, 0.1) is 12.7 Å². The maximum atomic E-state index is 13.5. The lowest BCUT2D eigenvalue weighted by molar-refractivity contribution is 0.0888. The lowest BCUT2D eigenvalue weighted by atomic mass is 10.0. The SMILES string of the molecule is COC(=O)N1CCC(NC(=O)c2ccccc2F)CC1. The smallest absolute Gasteiger partial charge is 0.409 e. The van der Waals surface area contributed by atoms with Crippen LogP contribution in [0.3, 0.4) is 0 Å². The first-order valence-corrected chi connectivity index (χ1v) is 6.50. The van der Waals surface area contributed by atoms with Crippen molar-refractivity contribution in [3.8, 4) is 0 Å². The summed E-state index contributed by atoms with van der Waals surface area (Å²) in [6, 6.07) is 5.82. The minimum atomic E-state index is -0.531. The van der Waals surface area contributed by atoms with Crippen molar-refractivity contribution in [3.05, 3.63) is 35.6 Å². The number of piperidine rings is 1. The molecular formula is C14H17FN2O3. The number of hydrogen-bond acceptors (Lipinski definition) is 3. The van der Waals surface area contributed by atoms with E-state index in [1.165, 1.54) is 19.2 Å². The van der Waals surface area contributed by atoms with Crippen LogP contribution in [0.15, 0.2) is 24.3 Å². The highest BCUT2D eigenvalue weighted by molar-refractivity contribution is 5.94. The number of nitrogens with one attached hydrogen (secondary N) is 1. The summed E-state index contributed by atoms with van der Waals surface area (Å²) in [4.78, 5) is 24.9. The second kappa shape index (κ2) is 6.36. The number of benzene rings is 1. The number of carbonyl (C=O) groups is 2. The van der Waals surface area contributed by atoms with Crippen LogP contribution in [0.4, 0.5) is 9.18 Å². The zero-order valence-corrected chi connectivity index (χ0v) is 11.3. The number of rotatable bonds is 2. The van der Waals surface area contributed by atoms with Crippen LogP contribution >= 0.6 is 0 Å². The second-order valence-electron chi connectivity index (χ2n) is 4.68. The molecular weight excluding hydrogens is 263 g/mol. The van der Waals surface area contributed by atoms with Crippen molar-refractivity contribution in [3.63, 3.8) is 0 Å². The van der Waals surface area contributed by atoms with E-state index in [9.17, 15) is 14.0 Å². The molecule has 0 spiro atoms. The minimum Gasteiger partial charge on any atom is -0.453 e. The van der Waals surface area contributed by atoms with Gasteiger partial charge in [-0.2, -0.15) is 0 Å². The summed E-state index contributed by atoms with van der Waals surface area (Å²) in [5, 5.41) is 2.80. The first kappa shape index (κ1) is 14.3. The van der Waals surface area contributed by atoms with Crippen LogP contribution in [0.1, 0.15) is 23.2 Å². The first-order valence-electron chi connectivity index (χ1n) is 6.50. The molecule has 1 aliphatic heterocycles. The van der Waals surface area contributed by atoms with Gasteiger partial charge in [-0.15, -0.1) is 0 Å². The van der Waals surface area contributed by atoms with Crippen molar-refractivity contribution in [1.82, 2.24) is 10.2 Å². The largest absolute Gasteiger partial charge is 0.453 e. The van der Waals surface area contributed by atoms with Gasteiger partial charge in [0.15, 0.2) is 0 Å². The van der Waals surface area contributed by atoms with Crippen molar-refractivity contribution < 1.29 is 18.7 Å². The lowest BCUT2D eigenvalue weighted by Gasteiger charge is -2.31. The molecule has 0 bridgehead atoms. The highest BCUT2D eigenvalue weighted by Gasteiger charge is 2.24. The van der Waals surface area contributed by atoms with Crippen LogP contribution in [0.2, 0.25) is 0 Å². The van der Waals surface area contributed by atoms with Crippen LogP contribution in [-0.2, 0) is 4.74 Å². The van der Waals surface area contributed by atoms with Gasteiger partial charge in [-0.1, -0.05) is 12.1 Å². The monoisotopic (exact) mass is 280 g/mol. The highest BCUT2D eigenvalue weighted by atomic mass is 19.1. The molecule has 0 saturated carbocycles. The van der Waals surface area contributed by atoms with E-state index in [0.717, 1.165) is 0 Å². The number of carbonyl (C=O) groups excluding carboxylic acids is 2. The van der Waals surface area contributed by atoms with Gasteiger partial charge in [-0.25, -0.2) is 9.18 Å². The van der Waals surface area contributed by atoms with E-state index in [0.29, 0.717) is 25.9 Å². The topological polar surface area (TPSA) is 58.6 Å². The van der Waals surface area contributed by atoms with Gasteiger partial charge in [0.1, 0.15) is 5.82 Å². The number of nitrogens with zero attached hydrogens (tertiary/aromatic N) is 1. The van der Waals surface area contributed by atoms with Crippen LogP contribution in [0.25, 0.3) is 0 Å². The Kier molecular flexibility index (Phi) is 4.55. The molecule has 0 atom stereocenters. The lowest BCUT2D eigenvalue weighted by Crippen LogP contribution is -2.46. The molecule has 5 nitrogen and oxygen atoms in total. The number of hydrogen-bond donors (Lipinski definition) is 1. The molecule has 0 aromatic heterocycles. The minimum absolute atomic E-state index is 0.0443. The number of ether oxygens (including phenoxy) is 1. The molecule has 1 saturated heterocycles. The summed E-state index contributed by atoms with van der Waals surface area (Å²) in [6.07, 6.45) is 0.911.